The van der Waals surface area contributed by atoms with E-state index in [-0.39, 0.29) is 17.2 Å². The molecule has 3 aromatic rings. The molecular formula is C21H23N5O3S. The van der Waals surface area contributed by atoms with Crippen molar-refractivity contribution < 1.29 is 14.3 Å². The van der Waals surface area contributed by atoms with Gasteiger partial charge < -0.3 is 14.8 Å². The van der Waals surface area contributed by atoms with E-state index in [9.17, 15) is 4.79 Å². The normalized spacial score (nSPS) is 17.2. The van der Waals surface area contributed by atoms with Crippen molar-refractivity contribution >= 4 is 28.7 Å². The summed E-state index contributed by atoms with van der Waals surface area (Å²) in [5.74, 6) is 1.80. The van der Waals surface area contributed by atoms with Crippen LogP contribution < -0.4 is 14.8 Å². The SMILES string of the molecule is Cn1ncc2c(SCC(=O)NC3(c4ccc5c(c4)OCCO5)CCCC3)ncnc21. The van der Waals surface area contributed by atoms with E-state index in [0.29, 0.717) is 13.2 Å². The van der Waals surface area contributed by atoms with E-state index < -0.39 is 0 Å². The summed E-state index contributed by atoms with van der Waals surface area (Å²) in [7, 11) is 1.84. The van der Waals surface area contributed by atoms with Gasteiger partial charge in [-0.15, -0.1) is 0 Å². The molecule has 30 heavy (non-hydrogen) atoms. The molecule has 1 saturated carbocycles. The summed E-state index contributed by atoms with van der Waals surface area (Å²) in [6, 6.07) is 6.03. The molecule has 1 N–H and O–H groups in total. The quantitative estimate of drug-likeness (QED) is 0.496. The average Bonchev–Trinajstić information content (AvgIpc) is 3.40. The Labute approximate surface area is 178 Å². The van der Waals surface area contributed by atoms with E-state index in [2.05, 4.69) is 26.4 Å². The largest absolute Gasteiger partial charge is 0.486 e. The Bertz CT molecular complexity index is 1090. The molecule has 1 aromatic carbocycles. The van der Waals surface area contributed by atoms with E-state index in [1.165, 1.54) is 18.1 Å². The zero-order chi connectivity index (χ0) is 20.6. The second-order valence-corrected chi connectivity index (χ2v) is 8.63. The number of fused-ring (bicyclic) bond motifs is 2. The van der Waals surface area contributed by atoms with Gasteiger partial charge in [0.1, 0.15) is 24.6 Å². The van der Waals surface area contributed by atoms with Gasteiger partial charge in [0.2, 0.25) is 5.91 Å². The number of carbonyl (C=O) groups is 1. The van der Waals surface area contributed by atoms with Crippen molar-refractivity contribution in [2.24, 2.45) is 7.05 Å². The monoisotopic (exact) mass is 425 g/mol. The lowest BCUT2D eigenvalue weighted by Gasteiger charge is -2.32. The highest BCUT2D eigenvalue weighted by atomic mass is 32.2. The lowest BCUT2D eigenvalue weighted by Crippen LogP contribution is -2.44. The second kappa shape index (κ2) is 7.79. The predicted molar refractivity (Wildman–Crippen MR) is 113 cm³/mol. The molecule has 2 aromatic heterocycles. The van der Waals surface area contributed by atoms with Gasteiger partial charge in [0.05, 0.1) is 22.9 Å². The number of hydrogen-bond donors (Lipinski definition) is 1. The summed E-state index contributed by atoms with van der Waals surface area (Å²) >= 11 is 1.41. The van der Waals surface area contributed by atoms with Gasteiger partial charge in [-0.05, 0) is 30.5 Å². The Morgan fingerprint density at radius 2 is 2.00 bits per heavy atom. The summed E-state index contributed by atoms with van der Waals surface area (Å²) in [4.78, 5) is 21.5. The van der Waals surface area contributed by atoms with E-state index in [1.807, 2.05) is 19.2 Å². The molecule has 0 atom stereocenters. The minimum absolute atomic E-state index is 0.00700. The smallest absolute Gasteiger partial charge is 0.231 e. The standard InChI is InChI=1S/C21H23N5O3S/c1-26-19-15(11-24-26)20(23-13-22-19)30-12-18(27)25-21(6-2-3-7-21)14-4-5-16-17(10-14)29-9-8-28-16/h4-5,10-11,13H,2-3,6-9,12H2,1H3,(H,25,27). The van der Waals surface area contributed by atoms with Crippen LogP contribution in [0.2, 0.25) is 0 Å². The van der Waals surface area contributed by atoms with Crippen LogP contribution in [-0.4, -0.2) is 44.6 Å². The van der Waals surface area contributed by atoms with Crippen LogP contribution >= 0.6 is 11.8 Å². The van der Waals surface area contributed by atoms with Crippen molar-refractivity contribution in [1.29, 1.82) is 0 Å². The molecule has 0 radical (unpaired) electrons. The molecule has 2 aliphatic rings. The van der Waals surface area contributed by atoms with Crippen molar-refractivity contribution in [2.45, 2.75) is 36.2 Å². The van der Waals surface area contributed by atoms with E-state index in [1.54, 1.807) is 10.9 Å². The first-order valence-corrected chi connectivity index (χ1v) is 11.1. The number of benzene rings is 1. The number of hydrogen-bond acceptors (Lipinski definition) is 7. The number of nitrogens with one attached hydrogen (secondary N) is 1. The van der Waals surface area contributed by atoms with Crippen LogP contribution in [0.5, 0.6) is 11.5 Å². The average molecular weight is 426 g/mol. The fourth-order valence-electron chi connectivity index (χ4n) is 4.30. The number of nitrogens with zero attached hydrogens (tertiary/aromatic N) is 4. The molecule has 1 fully saturated rings. The molecule has 5 rings (SSSR count). The Balaban J connectivity index is 1.33. The number of rotatable bonds is 5. The molecule has 1 amide bonds. The summed E-state index contributed by atoms with van der Waals surface area (Å²) in [5.41, 5.74) is 1.48. The Hall–Kier alpha value is -2.81. The lowest BCUT2D eigenvalue weighted by atomic mass is 9.87. The van der Waals surface area contributed by atoms with Crippen LogP contribution in [0.3, 0.4) is 0 Å². The van der Waals surface area contributed by atoms with Gasteiger partial charge in [0.15, 0.2) is 17.1 Å². The maximum absolute atomic E-state index is 12.9. The Morgan fingerprint density at radius 1 is 1.20 bits per heavy atom. The van der Waals surface area contributed by atoms with Gasteiger partial charge >= 0.3 is 0 Å². The molecule has 8 nitrogen and oxygen atoms in total. The van der Waals surface area contributed by atoms with Crippen molar-refractivity contribution in [3.63, 3.8) is 0 Å². The molecule has 9 heteroatoms. The molecular weight excluding hydrogens is 402 g/mol. The van der Waals surface area contributed by atoms with Gasteiger partial charge in [0, 0.05) is 7.05 Å². The maximum atomic E-state index is 12.9. The first-order valence-electron chi connectivity index (χ1n) is 10.1. The highest BCUT2D eigenvalue weighted by Gasteiger charge is 2.37. The van der Waals surface area contributed by atoms with Crippen molar-refractivity contribution in [2.75, 3.05) is 19.0 Å². The van der Waals surface area contributed by atoms with Crippen LogP contribution in [0.15, 0.2) is 35.7 Å². The summed E-state index contributed by atoms with van der Waals surface area (Å²) in [5, 5.41) is 9.18. The van der Waals surface area contributed by atoms with Gasteiger partial charge in [-0.25, -0.2) is 9.97 Å². The van der Waals surface area contributed by atoms with Crippen LogP contribution in [0.25, 0.3) is 11.0 Å². The molecule has 0 spiro atoms. The van der Waals surface area contributed by atoms with Gasteiger partial charge in [-0.3, -0.25) is 9.48 Å². The maximum Gasteiger partial charge on any atom is 0.231 e. The zero-order valence-corrected chi connectivity index (χ0v) is 17.6. The highest BCUT2D eigenvalue weighted by molar-refractivity contribution is 8.00. The molecule has 0 unspecified atom stereocenters. The van der Waals surface area contributed by atoms with E-state index in [0.717, 1.165) is 58.8 Å². The Kier molecular flexibility index (Phi) is 4.98. The third-order valence-electron chi connectivity index (χ3n) is 5.76. The number of ether oxygens (including phenoxy) is 2. The van der Waals surface area contributed by atoms with Crippen LogP contribution in [-0.2, 0) is 17.4 Å². The fraction of sp³-hybridized carbons (Fsp3) is 0.429. The molecule has 156 valence electrons. The van der Waals surface area contributed by atoms with Crippen molar-refractivity contribution in [3.8, 4) is 11.5 Å². The van der Waals surface area contributed by atoms with Crippen LogP contribution in [0.1, 0.15) is 31.2 Å². The van der Waals surface area contributed by atoms with E-state index >= 15 is 0 Å². The Morgan fingerprint density at radius 3 is 2.83 bits per heavy atom. The number of carbonyl (C=O) groups excluding carboxylic acids is 1. The lowest BCUT2D eigenvalue weighted by molar-refractivity contribution is -0.120. The number of aryl methyl sites for hydroxylation is 1. The van der Waals surface area contributed by atoms with Gasteiger partial charge in [-0.2, -0.15) is 5.10 Å². The predicted octanol–water partition coefficient (Wildman–Crippen LogP) is 2.81. The van der Waals surface area contributed by atoms with Crippen molar-refractivity contribution in [3.05, 3.63) is 36.3 Å². The van der Waals surface area contributed by atoms with Crippen molar-refractivity contribution in [1.82, 2.24) is 25.1 Å². The third-order valence-corrected chi connectivity index (χ3v) is 6.77. The molecule has 3 heterocycles. The summed E-state index contributed by atoms with van der Waals surface area (Å²) in [6.45, 7) is 1.12. The molecule has 0 bridgehead atoms. The number of thioether (sulfide) groups is 1. The zero-order valence-electron chi connectivity index (χ0n) is 16.8. The summed E-state index contributed by atoms with van der Waals surface area (Å²) < 4.78 is 13.1. The summed E-state index contributed by atoms with van der Waals surface area (Å²) in [6.07, 6.45) is 7.27. The fourth-order valence-corrected chi connectivity index (χ4v) is 5.06. The highest BCUT2D eigenvalue weighted by Crippen LogP contribution is 2.42. The molecule has 1 aliphatic heterocycles. The number of amides is 1. The van der Waals surface area contributed by atoms with Gasteiger partial charge in [0.25, 0.3) is 0 Å². The van der Waals surface area contributed by atoms with E-state index in [4.69, 9.17) is 9.47 Å². The topological polar surface area (TPSA) is 91.2 Å². The first-order chi connectivity index (χ1) is 14.6. The second-order valence-electron chi connectivity index (χ2n) is 7.67. The minimum Gasteiger partial charge on any atom is -0.486 e. The van der Waals surface area contributed by atoms with Crippen LogP contribution in [0, 0.1) is 0 Å². The van der Waals surface area contributed by atoms with Crippen LogP contribution in [0.4, 0.5) is 0 Å². The van der Waals surface area contributed by atoms with Gasteiger partial charge in [-0.1, -0.05) is 30.7 Å². The molecule has 0 saturated heterocycles. The number of aromatic nitrogens is 4. The third kappa shape index (κ3) is 3.47. The first kappa shape index (κ1) is 19.2. The molecule has 1 aliphatic carbocycles. The minimum atomic E-state index is -0.358.